The van der Waals surface area contributed by atoms with Crippen LogP contribution in [0.5, 0.6) is 0 Å². The zero-order valence-electron chi connectivity index (χ0n) is 14.0. The Bertz CT molecular complexity index is 714. The van der Waals surface area contributed by atoms with Crippen molar-refractivity contribution in [2.75, 3.05) is 5.32 Å². The van der Waals surface area contributed by atoms with Crippen molar-refractivity contribution in [2.24, 2.45) is 5.73 Å². The average molecular weight is 325 g/mol. The van der Waals surface area contributed by atoms with E-state index in [1.54, 1.807) is 18.2 Å². The number of primary amides is 1. The van der Waals surface area contributed by atoms with Crippen molar-refractivity contribution in [2.45, 2.75) is 32.7 Å². The maximum Gasteiger partial charge on any atom is 0.319 e. The van der Waals surface area contributed by atoms with Gasteiger partial charge in [0.05, 0.1) is 0 Å². The van der Waals surface area contributed by atoms with Gasteiger partial charge in [-0.1, -0.05) is 36.4 Å². The van der Waals surface area contributed by atoms with Crippen molar-refractivity contribution in [1.29, 1.82) is 0 Å². The number of hydrogen-bond donors (Lipinski definition) is 3. The number of hydrogen-bond acceptors (Lipinski definition) is 2. The first kappa shape index (κ1) is 17.5. The van der Waals surface area contributed by atoms with E-state index in [1.165, 1.54) is 5.56 Å². The van der Waals surface area contributed by atoms with Crippen molar-refractivity contribution in [3.05, 3.63) is 65.2 Å². The maximum atomic E-state index is 12.1. The van der Waals surface area contributed by atoms with Crippen LogP contribution in [-0.2, 0) is 6.42 Å². The van der Waals surface area contributed by atoms with E-state index < -0.39 is 5.91 Å². The van der Waals surface area contributed by atoms with Gasteiger partial charge in [0.15, 0.2) is 0 Å². The molecule has 5 heteroatoms. The summed E-state index contributed by atoms with van der Waals surface area (Å²) in [5.41, 5.74) is 8.34. The quantitative estimate of drug-likeness (QED) is 0.762. The lowest BCUT2D eigenvalue weighted by Crippen LogP contribution is -2.36. The molecule has 0 saturated heterocycles. The first-order valence-electron chi connectivity index (χ1n) is 7.97. The molecule has 24 heavy (non-hydrogen) atoms. The molecule has 0 spiro atoms. The van der Waals surface area contributed by atoms with Crippen LogP contribution >= 0.6 is 0 Å². The summed E-state index contributed by atoms with van der Waals surface area (Å²) < 4.78 is 0. The highest BCUT2D eigenvalue weighted by molar-refractivity contribution is 5.96. The van der Waals surface area contributed by atoms with Crippen LogP contribution in [0.2, 0.25) is 0 Å². The molecule has 0 bridgehead atoms. The van der Waals surface area contributed by atoms with Crippen molar-refractivity contribution in [3.63, 3.8) is 0 Å². The molecule has 126 valence electrons. The summed E-state index contributed by atoms with van der Waals surface area (Å²) in [6.45, 7) is 3.83. The molecule has 5 nitrogen and oxygen atoms in total. The molecule has 0 aliphatic heterocycles. The second-order valence-corrected chi connectivity index (χ2v) is 5.92. The van der Waals surface area contributed by atoms with E-state index >= 15 is 0 Å². The van der Waals surface area contributed by atoms with Gasteiger partial charge in [-0.3, -0.25) is 4.79 Å². The van der Waals surface area contributed by atoms with Crippen LogP contribution in [0.15, 0.2) is 48.5 Å². The highest BCUT2D eigenvalue weighted by atomic mass is 16.2. The first-order chi connectivity index (χ1) is 11.5. The lowest BCUT2D eigenvalue weighted by atomic mass is 10.1. The molecule has 2 aromatic rings. The van der Waals surface area contributed by atoms with Gasteiger partial charge in [0.25, 0.3) is 0 Å². The number of nitrogens with one attached hydrogen (secondary N) is 2. The lowest BCUT2D eigenvalue weighted by Gasteiger charge is -2.16. The van der Waals surface area contributed by atoms with E-state index in [1.807, 2.05) is 32.0 Å². The topological polar surface area (TPSA) is 84.2 Å². The van der Waals surface area contributed by atoms with Gasteiger partial charge >= 0.3 is 6.03 Å². The fraction of sp³-hybridized carbons (Fsp3) is 0.263. The number of carbonyl (C=O) groups excluding carboxylic acids is 2. The second kappa shape index (κ2) is 8.15. The number of benzene rings is 2. The molecule has 0 aliphatic carbocycles. The molecule has 0 aromatic heterocycles. The number of amides is 3. The van der Waals surface area contributed by atoms with E-state index in [0.717, 1.165) is 18.4 Å². The normalized spacial score (nSPS) is 11.6. The minimum Gasteiger partial charge on any atom is -0.366 e. The molecule has 4 N–H and O–H groups in total. The molecular formula is C19H23N3O2. The van der Waals surface area contributed by atoms with Crippen molar-refractivity contribution in [3.8, 4) is 0 Å². The molecule has 0 fully saturated rings. The molecule has 0 radical (unpaired) electrons. The Labute approximate surface area is 142 Å². The van der Waals surface area contributed by atoms with Crippen LogP contribution in [0, 0.1) is 6.92 Å². The van der Waals surface area contributed by atoms with Crippen LogP contribution in [0.3, 0.4) is 0 Å². The summed E-state index contributed by atoms with van der Waals surface area (Å²) in [5, 5.41) is 5.69. The van der Waals surface area contributed by atoms with Crippen LogP contribution in [0.25, 0.3) is 0 Å². The first-order valence-corrected chi connectivity index (χ1v) is 7.97. The van der Waals surface area contributed by atoms with E-state index in [9.17, 15) is 9.59 Å². The monoisotopic (exact) mass is 325 g/mol. The second-order valence-electron chi connectivity index (χ2n) is 5.92. The third-order valence-corrected chi connectivity index (χ3v) is 3.86. The van der Waals surface area contributed by atoms with E-state index in [0.29, 0.717) is 11.3 Å². The van der Waals surface area contributed by atoms with E-state index in [2.05, 4.69) is 22.8 Å². The van der Waals surface area contributed by atoms with Gasteiger partial charge in [0.2, 0.25) is 5.91 Å². The highest BCUT2D eigenvalue weighted by Crippen LogP contribution is 2.16. The summed E-state index contributed by atoms with van der Waals surface area (Å²) in [7, 11) is 0. The molecule has 0 heterocycles. The Morgan fingerprint density at radius 2 is 1.83 bits per heavy atom. The van der Waals surface area contributed by atoms with Crippen molar-refractivity contribution in [1.82, 2.24) is 5.32 Å². The predicted molar refractivity (Wildman–Crippen MR) is 96.1 cm³/mol. The Morgan fingerprint density at radius 1 is 1.12 bits per heavy atom. The van der Waals surface area contributed by atoms with Gasteiger partial charge in [0.1, 0.15) is 0 Å². The van der Waals surface area contributed by atoms with Gasteiger partial charge in [-0.05, 0) is 49.9 Å². The number of urea groups is 1. The summed E-state index contributed by atoms with van der Waals surface area (Å²) in [6, 6.07) is 14.9. The molecule has 0 saturated carbocycles. The Morgan fingerprint density at radius 3 is 2.50 bits per heavy atom. The third-order valence-electron chi connectivity index (χ3n) is 3.86. The Balaban J connectivity index is 1.88. The van der Waals surface area contributed by atoms with E-state index in [-0.39, 0.29) is 12.1 Å². The predicted octanol–water partition coefficient (Wildman–Crippen LogP) is 3.24. The van der Waals surface area contributed by atoms with Crippen molar-refractivity contribution < 1.29 is 9.59 Å². The molecule has 1 unspecified atom stereocenters. The van der Waals surface area contributed by atoms with Crippen molar-refractivity contribution >= 4 is 17.6 Å². The number of carbonyl (C=O) groups is 2. The maximum absolute atomic E-state index is 12.1. The lowest BCUT2D eigenvalue weighted by molar-refractivity contribution is 0.1000. The van der Waals surface area contributed by atoms with E-state index in [4.69, 9.17) is 5.73 Å². The largest absolute Gasteiger partial charge is 0.366 e. The highest BCUT2D eigenvalue weighted by Gasteiger charge is 2.10. The van der Waals surface area contributed by atoms with Gasteiger partial charge in [-0.2, -0.15) is 0 Å². The Kier molecular flexibility index (Phi) is 5.95. The summed E-state index contributed by atoms with van der Waals surface area (Å²) >= 11 is 0. The zero-order valence-corrected chi connectivity index (χ0v) is 14.0. The van der Waals surface area contributed by atoms with Gasteiger partial charge in [-0.15, -0.1) is 0 Å². The molecule has 0 aliphatic rings. The minimum absolute atomic E-state index is 0.0323. The summed E-state index contributed by atoms with van der Waals surface area (Å²) in [4.78, 5) is 23.4. The fourth-order valence-corrected chi connectivity index (χ4v) is 2.39. The molecule has 3 amide bonds. The SMILES string of the molecule is Cc1ccc(C(N)=O)cc1NC(=O)NC(C)CCc1ccccc1. The van der Waals surface area contributed by atoms with Crippen LogP contribution < -0.4 is 16.4 Å². The standard InChI is InChI=1S/C19H23N3O2/c1-13-8-11-16(18(20)23)12-17(13)22-19(24)21-14(2)9-10-15-6-4-3-5-7-15/h3-8,11-12,14H,9-10H2,1-2H3,(H2,20,23)(H2,21,22,24). The number of rotatable bonds is 6. The van der Waals surface area contributed by atoms with Crippen LogP contribution in [0.4, 0.5) is 10.5 Å². The number of aryl methyl sites for hydroxylation is 2. The number of anilines is 1. The van der Waals surface area contributed by atoms with Gasteiger partial charge < -0.3 is 16.4 Å². The third kappa shape index (κ3) is 5.12. The Hall–Kier alpha value is -2.82. The number of nitrogens with two attached hydrogens (primary N) is 1. The zero-order chi connectivity index (χ0) is 17.5. The molecular weight excluding hydrogens is 302 g/mol. The van der Waals surface area contributed by atoms with Gasteiger partial charge in [-0.25, -0.2) is 4.79 Å². The smallest absolute Gasteiger partial charge is 0.319 e. The summed E-state index contributed by atoms with van der Waals surface area (Å²) in [6.07, 6.45) is 1.75. The molecule has 1 atom stereocenters. The fourth-order valence-electron chi connectivity index (χ4n) is 2.39. The average Bonchev–Trinajstić information content (AvgIpc) is 2.55. The molecule has 2 aromatic carbocycles. The van der Waals surface area contributed by atoms with Crippen LogP contribution in [0.1, 0.15) is 34.8 Å². The van der Waals surface area contributed by atoms with Gasteiger partial charge in [0, 0.05) is 17.3 Å². The molecule has 2 rings (SSSR count). The minimum atomic E-state index is -0.519. The van der Waals surface area contributed by atoms with Crippen LogP contribution in [-0.4, -0.2) is 18.0 Å². The summed E-state index contributed by atoms with van der Waals surface area (Å²) in [5.74, 6) is -0.519.